The normalized spacial score (nSPS) is 33.6. The molecule has 1 saturated heterocycles. The quantitative estimate of drug-likeness (QED) is 0.710. The SMILES string of the molecule is CC1CN(S(=O)C(C)C)CC(C)S1. The molecule has 3 unspecified atom stereocenters. The van der Waals surface area contributed by atoms with Gasteiger partial charge in [-0.1, -0.05) is 13.8 Å². The van der Waals surface area contributed by atoms with Gasteiger partial charge in [0.05, 0.1) is 11.0 Å². The molecule has 0 aromatic carbocycles. The third-order valence-corrected chi connectivity index (χ3v) is 4.88. The third-order valence-electron chi connectivity index (χ3n) is 2.04. The number of rotatable bonds is 2. The molecule has 0 aromatic rings. The Kier molecular flexibility index (Phi) is 4.26. The van der Waals surface area contributed by atoms with Crippen LogP contribution in [0.4, 0.5) is 0 Å². The molecule has 13 heavy (non-hydrogen) atoms. The largest absolute Gasteiger partial charge is 0.242 e. The van der Waals surface area contributed by atoms with Crippen LogP contribution in [0.25, 0.3) is 0 Å². The summed E-state index contributed by atoms with van der Waals surface area (Å²) in [5, 5.41) is 1.49. The van der Waals surface area contributed by atoms with Crippen molar-refractivity contribution in [1.29, 1.82) is 0 Å². The summed E-state index contributed by atoms with van der Waals surface area (Å²) in [5.41, 5.74) is 0. The van der Waals surface area contributed by atoms with Gasteiger partial charge in [0.2, 0.25) is 0 Å². The van der Waals surface area contributed by atoms with Gasteiger partial charge in [-0.25, -0.2) is 8.51 Å². The van der Waals surface area contributed by atoms with Crippen LogP contribution < -0.4 is 0 Å². The Balaban J connectivity index is 2.55. The minimum absolute atomic E-state index is 0.252. The lowest BCUT2D eigenvalue weighted by atomic mass is 10.4. The first-order valence-electron chi connectivity index (χ1n) is 4.81. The molecule has 1 aliphatic heterocycles. The molecule has 0 spiro atoms. The number of hydrogen-bond acceptors (Lipinski definition) is 2. The molecule has 1 fully saturated rings. The fourth-order valence-electron chi connectivity index (χ4n) is 1.58. The molecule has 0 amide bonds. The Hall–Kier alpha value is 0.460. The first-order chi connectivity index (χ1) is 6.00. The van der Waals surface area contributed by atoms with Crippen molar-refractivity contribution in [2.45, 2.75) is 43.4 Å². The Morgan fingerprint density at radius 3 is 2.15 bits per heavy atom. The third kappa shape index (κ3) is 3.26. The van der Waals surface area contributed by atoms with Crippen molar-refractivity contribution in [3.63, 3.8) is 0 Å². The molecule has 3 atom stereocenters. The van der Waals surface area contributed by atoms with E-state index in [-0.39, 0.29) is 5.25 Å². The Bertz CT molecular complexity index is 186. The van der Waals surface area contributed by atoms with Crippen molar-refractivity contribution in [1.82, 2.24) is 4.31 Å². The maximum atomic E-state index is 11.8. The zero-order valence-electron chi connectivity index (χ0n) is 8.82. The molecule has 4 heteroatoms. The Morgan fingerprint density at radius 1 is 1.31 bits per heavy atom. The minimum atomic E-state index is -0.780. The highest BCUT2D eigenvalue weighted by atomic mass is 32.2. The van der Waals surface area contributed by atoms with Crippen molar-refractivity contribution in [3.8, 4) is 0 Å². The van der Waals surface area contributed by atoms with Gasteiger partial charge in [-0.15, -0.1) is 0 Å². The Labute approximate surface area is 88.0 Å². The summed E-state index contributed by atoms with van der Waals surface area (Å²) in [5.74, 6) is 0. The summed E-state index contributed by atoms with van der Waals surface area (Å²) in [6, 6.07) is 0. The van der Waals surface area contributed by atoms with Gasteiger partial charge >= 0.3 is 0 Å². The number of thioether (sulfide) groups is 1. The van der Waals surface area contributed by atoms with Crippen LogP contribution in [0.2, 0.25) is 0 Å². The van der Waals surface area contributed by atoms with Gasteiger partial charge in [-0.05, 0) is 13.8 Å². The van der Waals surface area contributed by atoms with E-state index in [1.807, 2.05) is 25.6 Å². The lowest BCUT2D eigenvalue weighted by molar-refractivity contribution is 0.432. The van der Waals surface area contributed by atoms with Gasteiger partial charge in [-0.2, -0.15) is 11.8 Å². The lowest BCUT2D eigenvalue weighted by Gasteiger charge is -2.34. The average molecular weight is 221 g/mol. The van der Waals surface area contributed by atoms with Crippen molar-refractivity contribution in [2.24, 2.45) is 0 Å². The van der Waals surface area contributed by atoms with Crippen molar-refractivity contribution < 1.29 is 4.21 Å². The predicted octanol–water partition coefficient (Wildman–Crippen LogP) is 1.88. The summed E-state index contributed by atoms with van der Waals surface area (Å²) in [6.45, 7) is 10.4. The van der Waals surface area contributed by atoms with Gasteiger partial charge < -0.3 is 0 Å². The highest BCUT2D eigenvalue weighted by Gasteiger charge is 2.26. The zero-order valence-corrected chi connectivity index (χ0v) is 10.5. The van der Waals surface area contributed by atoms with E-state index < -0.39 is 11.0 Å². The molecule has 78 valence electrons. The maximum absolute atomic E-state index is 11.8. The van der Waals surface area contributed by atoms with Gasteiger partial charge in [0.15, 0.2) is 0 Å². The van der Waals surface area contributed by atoms with E-state index in [9.17, 15) is 4.21 Å². The second kappa shape index (κ2) is 4.80. The molecule has 0 bridgehead atoms. The van der Waals surface area contributed by atoms with Crippen molar-refractivity contribution in [3.05, 3.63) is 0 Å². The molecular weight excluding hydrogens is 202 g/mol. The minimum Gasteiger partial charge on any atom is -0.242 e. The Morgan fingerprint density at radius 2 is 1.77 bits per heavy atom. The summed E-state index contributed by atoms with van der Waals surface area (Å²) in [6.07, 6.45) is 0. The molecule has 1 rings (SSSR count). The monoisotopic (exact) mass is 221 g/mol. The van der Waals surface area contributed by atoms with E-state index in [1.54, 1.807) is 0 Å². The van der Waals surface area contributed by atoms with E-state index in [4.69, 9.17) is 0 Å². The molecule has 0 radical (unpaired) electrons. The first-order valence-corrected chi connectivity index (χ1v) is 6.93. The van der Waals surface area contributed by atoms with Gasteiger partial charge in [-0.3, -0.25) is 0 Å². The van der Waals surface area contributed by atoms with E-state index in [0.29, 0.717) is 10.5 Å². The van der Waals surface area contributed by atoms with E-state index in [1.165, 1.54) is 0 Å². The van der Waals surface area contributed by atoms with Gasteiger partial charge in [0.1, 0.15) is 0 Å². The molecule has 2 nitrogen and oxygen atoms in total. The predicted molar refractivity (Wildman–Crippen MR) is 61.4 cm³/mol. The number of hydrogen-bond donors (Lipinski definition) is 0. The second-order valence-corrected chi connectivity index (χ2v) is 7.82. The first kappa shape index (κ1) is 11.5. The van der Waals surface area contributed by atoms with Gasteiger partial charge in [0.25, 0.3) is 0 Å². The summed E-state index contributed by atoms with van der Waals surface area (Å²) < 4.78 is 13.9. The molecule has 0 aromatic heterocycles. The molecule has 0 aliphatic carbocycles. The van der Waals surface area contributed by atoms with Crippen LogP contribution in [0.1, 0.15) is 27.7 Å². The zero-order chi connectivity index (χ0) is 10.0. The van der Waals surface area contributed by atoms with Crippen LogP contribution in [-0.4, -0.2) is 37.4 Å². The van der Waals surface area contributed by atoms with Gasteiger partial charge in [0, 0.05) is 28.8 Å². The van der Waals surface area contributed by atoms with E-state index >= 15 is 0 Å². The highest BCUT2D eigenvalue weighted by Crippen LogP contribution is 2.26. The molecular formula is C9H19NOS2. The van der Waals surface area contributed by atoms with Crippen LogP contribution in [0.15, 0.2) is 0 Å². The van der Waals surface area contributed by atoms with Crippen molar-refractivity contribution in [2.75, 3.05) is 13.1 Å². The summed E-state index contributed by atoms with van der Waals surface area (Å²) in [7, 11) is -0.780. The fourth-order valence-corrected chi connectivity index (χ4v) is 4.43. The standard InChI is InChI=1S/C9H19NOS2/c1-7(2)13(11)10-5-8(3)12-9(4)6-10/h7-9H,5-6H2,1-4H3. The van der Waals surface area contributed by atoms with Crippen LogP contribution >= 0.6 is 11.8 Å². The smallest absolute Gasteiger partial charge is 0.0969 e. The van der Waals surface area contributed by atoms with Crippen molar-refractivity contribution >= 4 is 22.7 Å². The van der Waals surface area contributed by atoms with Crippen LogP contribution in [0.5, 0.6) is 0 Å². The molecule has 1 heterocycles. The summed E-state index contributed by atoms with van der Waals surface area (Å²) in [4.78, 5) is 0. The average Bonchev–Trinajstić information content (AvgIpc) is 2.01. The fraction of sp³-hybridized carbons (Fsp3) is 1.00. The maximum Gasteiger partial charge on any atom is 0.0969 e. The topological polar surface area (TPSA) is 20.3 Å². The number of nitrogens with zero attached hydrogens (tertiary/aromatic N) is 1. The molecule has 1 aliphatic rings. The van der Waals surface area contributed by atoms with E-state index in [0.717, 1.165) is 13.1 Å². The van der Waals surface area contributed by atoms with Crippen LogP contribution in [0, 0.1) is 0 Å². The molecule has 0 N–H and O–H groups in total. The highest BCUT2D eigenvalue weighted by molar-refractivity contribution is 8.00. The molecule has 0 saturated carbocycles. The van der Waals surface area contributed by atoms with Crippen LogP contribution in [0.3, 0.4) is 0 Å². The lowest BCUT2D eigenvalue weighted by Crippen LogP contribution is -2.43. The van der Waals surface area contributed by atoms with E-state index in [2.05, 4.69) is 18.2 Å². The second-order valence-electron chi connectivity index (χ2n) is 3.93. The van der Waals surface area contributed by atoms with Crippen LogP contribution in [-0.2, 0) is 11.0 Å². The summed E-state index contributed by atoms with van der Waals surface area (Å²) >= 11 is 2.00.